The molecule has 0 bridgehead atoms. The molecule has 0 spiro atoms. The molecule has 0 radical (unpaired) electrons. The lowest BCUT2D eigenvalue weighted by Crippen LogP contribution is -2.26. The Morgan fingerprint density at radius 3 is 1.85 bits per heavy atom. The third kappa shape index (κ3) is 6.00. The van der Waals surface area contributed by atoms with E-state index in [-0.39, 0.29) is 17.9 Å². The van der Waals surface area contributed by atoms with E-state index in [1.165, 1.54) is 19.9 Å². The predicted octanol–water partition coefficient (Wildman–Crippen LogP) is 5.96. The number of hydrogen-bond donors (Lipinski definition) is 3. The van der Waals surface area contributed by atoms with E-state index in [1.54, 1.807) is 48.5 Å². The van der Waals surface area contributed by atoms with Gasteiger partial charge in [0.25, 0.3) is 0 Å². The number of carboxylic acids is 1. The van der Waals surface area contributed by atoms with Crippen molar-refractivity contribution in [2.75, 3.05) is 10.6 Å². The van der Waals surface area contributed by atoms with Gasteiger partial charge >= 0.3 is 12.0 Å². The lowest BCUT2D eigenvalue weighted by atomic mass is 9.85. The van der Waals surface area contributed by atoms with Gasteiger partial charge in [0.2, 0.25) is 0 Å². The molecule has 170 valence electrons. The number of halogens is 2. The van der Waals surface area contributed by atoms with Gasteiger partial charge in [0, 0.05) is 29.4 Å². The van der Waals surface area contributed by atoms with Crippen molar-refractivity contribution in [3.05, 3.63) is 83.9 Å². The van der Waals surface area contributed by atoms with E-state index in [2.05, 4.69) is 10.6 Å². The number of nitrogens with one attached hydrogen (secondary N) is 2. The minimum Gasteiger partial charge on any atom is -0.481 e. The Morgan fingerprint density at radius 1 is 0.788 bits per heavy atom. The average molecular weight is 452 g/mol. The maximum Gasteiger partial charge on any atom is 0.323 e. The van der Waals surface area contributed by atoms with Crippen LogP contribution in [0.4, 0.5) is 25.0 Å². The van der Waals surface area contributed by atoms with Gasteiger partial charge in [-0.1, -0.05) is 36.4 Å². The molecule has 0 aromatic heterocycles. The second kappa shape index (κ2) is 9.60. The predicted molar refractivity (Wildman–Crippen MR) is 121 cm³/mol. The molecule has 33 heavy (non-hydrogen) atoms. The van der Waals surface area contributed by atoms with Crippen molar-refractivity contribution in [1.82, 2.24) is 0 Å². The van der Waals surface area contributed by atoms with Gasteiger partial charge in [-0.3, -0.25) is 9.59 Å². The minimum atomic E-state index is -1.14. The molecule has 3 aromatic rings. The molecule has 0 saturated carbocycles. The van der Waals surface area contributed by atoms with Crippen molar-refractivity contribution in [3.63, 3.8) is 0 Å². The van der Waals surface area contributed by atoms with Gasteiger partial charge < -0.3 is 15.7 Å². The molecule has 0 aliphatic carbocycles. The maximum absolute atomic E-state index is 13.2. The van der Waals surface area contributed by atoms with Crippen LogP contribution < -0.4 is 10.6 Å². The quantitative estimate of drug-likeness (QED) is 0.386. The van der Waals surface area contributed by atoms with E-state index >= 15 is 0 Å². The summed E-state index contributed by atoms with van der Waals surface area (Å²) in [5.74, 6) is -3.34. The summed E-state index contributed by atoms with van der Waals surface area (Å²) < 4.78 is 26.2. The van der Waals surface area contributed by atoms with Crippen LogP contribution >= 0.6 is 0 Å². The fourth-order valence-corrected chi connectivity index (χ4v) is 3.04. The number of hydrogen-bond acceptors (Lipinski definition) is 3. The molecule has 3 rings (SSSR count). The molecule has 0 aliphatic rings. The van der Waals surface area contributed by atoms with Gasteiger partial charge in [-0.2, -0.15) is 0 Å². The lowest BCUT2D eigenvalue weighted by molar-refractivity contribution is -0.146. The highest BCUT2D eigenvalue weighted by molar-refractivity contribution is 6.00. The zero-order chi connectivity index (χ0) is 24.2. The van der Waals surface area contributed by atoms with Crippen LogP contribution in [0.2, 0.25) is 0 Å². The Labute approximate surface area is 189 Å². The molecule has 0 atom stereocenters. The van der Waals surface area contributed by atoms with E-state index < -0.39 is 29.0 Å². The summed E-state index contributed by atoms with van der Waals surface area (Å²) in [4.78, 5) is 35.7. The molecule has 0 aliphatic heterocycles. The largest absolute Gasteiger partial charge is 0.481 e. The van der Waals surface area contributed by atoms with Gasteiger partial charge in [0.15, 0.2) is 17.4 Å². The summed E-state index contributed by atoms with van der Waals surface area (Å²) in [6, 6.07) is 16.2. The molecular formula is C25H22F2N2O4. The van der Waals surface area contributed by atoms with Crippen molar-refractivity contribution in [2.24, 2.45) is 5.41 Å². The standard InChI is InChI=1S/C25H22F2N2O4/c1-25(2,23(31)32)14-22(30)17-5-3-15(4-6-17)16-7-9-18(10-8-16)28-24(33)29-19-11-12-20(26)21(27)13-19/h3-13H,14H2,1-2H3,(H,31,32)(H2,28,29,33). The van der Waals surface area contributed by atoms with Crippen molar-refractivity contribution in [3.8, 4) is 11.1 Å². The highest BCUT2D eigenvalue weighted by Gasteiger charge is 2.30. The number of benzene rings is 3. The number of carboxylic acid groups (broad SMARTS) is 1. The number of urea groups is 1. The first-order valence-electron chi connectivity index (χ1n) is 10.1. The van der Waals surface area contributed by atoms with Crippen molar-refractivity contribution < 1.29 is 28.3 Å². The van der Waals surface area contributed by atoms with Crippen LogP contribution in [0, 0.1) is 17.0 Å². The minimum absolute atomic E-state index is 0.103. The highest BCUT2D eigenvalue weighted by atomic mass is 19.2. The Kier molecular flexibility index (Phi) is 6.86. The average Bonchev–Trinajstić information content (AvgIpc) is 2.76. The molecule has 3 N–H and O–H groups in total. The first-order valence-corrected chi connectivity index (χ1v) is 10.1. The summed E-state index contributed by atoms with van der Waals surface area (Å²) >= 11 is 0. The number of carbonyl (C=O) groups excluding carboxylic acids is 2. The summed E-state index contributed by atoms with van der Waals surface area (Å²) in [6.45, 7) is 3.02. The Hall–Kier alpha value is -4.07. The third-order valence-corrected chi connectivity index (χ3v) is 5.04. The number of Topliss-reactive ketones (excluding diaryl/α,β-unsaturated/α-hetero) is 1. The number of aliphatic carboxylic acids is 1. The smallest absolute Gasteiger partial charge is 0.323 e. The van der Waals surface area contributed by atoms with Gasteiger partial charge in [-0.15, -0.1) is 0 Å². The van der Waals surface area contributed by atoms with Gasteiger partial charge in [-0.25, -0.2) is 13.6 Å². The summed E-state index contributed by atoms with van der Waals surface area (Å²) in [5.41, 5.74) is 1.56. The van der Waals surface area contributed by atoms with E-state index in [1.807, 2.05) is 0 Å². The second-order valence-corrected chi connectivity index (χ2v) is 8.15. The molecule has 0 fully saturated rings. The topological polar surface area (TPSA) is 95.5 Å². The van der Waals surface area contributed by atoms with E-state index in [4.69, 9.17) is 0 Å². The number of amides is 2. The molecule has 0 heterocycles. The first kappa shape index (κ1) is 23.6. The normalized spacial score (nSPS) is 11.0. The van der Waals surface area contributed by atoms with E-state index in [0.29, 0.717) is 11.3 Å². The molecular weight excluding hydrogens is 430 g/mol. The maximum atomic E-state index is 13.2. The van der Waals surface area contributed by atoms with Gasteiger partial charge in [-0.05, 0) is 49.2 Å². The second-order valence-electron chi connectivity index (χ2n) is 8.15. The Morgan fingerprint density at radius 2 is 1.30 bits per heavy atom. The number of ketones is 1. The summed E-state index contributed by atoms with van der Waals surface area (Å²) in [6.07, 6.45) is -0.103. The number of rotatable bonds is 7. The molecule has 0 saturated heterocycles. The van der Waals surface area contributed by atoms with E-state index in [0.717, 1.165) is 23.3 Å². The molecule has 3 aromatic carbocycles. The zero-order valence-corrected chi connectivity index (χ0v) is 18.0. The lowest BCUT2D eigenvalue weighted by Gasteiger charge is -2.17. The summed E-state index contributed by atoms with van der Waals surface area (Å²) in [7, 11) is 0. The monoisotopic (exact) mass is 452 g/mol. The van der Waals surface area contributed by atoms with Gasteiger partial charge in [0.05, 0.1) is 5.41 Å². The third-order valence-electron chi connectivity index (χ3n) is 5.04. The fourth-order valence-electron chi connectivity index (χ4n) is 3.04. The zero-order valence-electron chi connectivity index (χ0n) is 18.0. The fraction of sp³-hybridized carbons (Fsp3) is 0.160. The first-order chi connectivity index (χ1) is 15.5. The highest BCUT2D eigenvalue weighted by Crippen LogP contribution is 2.26. The molecule has 0 unspecified atom stereocenters. The van der Waals surface area contributed by atoms with Crippen molar-refractivity contribution in [1.29, 1.82) is 0 Å². The SMILES string of the molecule is CC(C)(CC(=O)c1ccc(-c2ccc(NC(=O)Nc3ccc(F)c(F)c3)cc2)cc1)C(=O)O. The molecule has 6 nitrogen and oxygen atoms in total. The number of carbonyl (C=O) groups is 3. The van der Waals surface area contributed by atoms with Crippen molar-refractivity contribution >= 4 is 29.2 Å². The van der Waals surface area contributed by atoms with Gasteiger partial charge in [0.1, 0.15) is 0 Å². The number of anilines is 2. The van der Waals surface area contributed by atoms with E-state index in [9.17, 15) is 28.3 Å². The van der Waals surface area contributed by atoms with Crippen LogP contribution in [0.25, 0.3) is 11.1 Å². The van der Waals surface area contributed by atoms with Crippen LogP contribution in [0.1, 0.15) is 30.6 Å². The molecule has 8 heteroatoms. The summed E-state index contributed by atoms with van der Waals surface area (Å²) in [5, 5.41) is 14.2. The van der Waals surface area contributed by atoms with Crippen molar-refractivity contribution in [2.45, 2.75) is 20.3 Å². The van der Waals surface area contributed by atoms with Crippen LogP contribution in [0.5, 0.6) is 0 Å². The van der Waals surface area contributed by atoms with Crippen LogP contribution in [-0.2, 0) is 4.79 Å². The Balaban J connectivity index is 1.62. The molecule has 2 amide bonds. The Bertz CT molecular complexity index is 1190. The van der Waals surface area contributed by atoms with Crippen LogP contribution in [-0.4, -0.2) is 22.9 Å². The van der Waals surface area contributed by atoms with Crippen LogP contribution in [0.3, 0.4) is 0 Å². The van der Waals surface area contributed by atoms with Crippen LogP contribution in [0.15, 0.2) is 66.7 Å².